The molecular weight excluding hydrogens is 330 g/mol. The minimum Gasteiger partial charge on any atom is -0.493 e. The van der Waals surface area contributed by atoms with Crippen LogP contribution in [-0.2, 0) is 4.79 Å². The highest BCUT2D eigenvalue weighted by molar-refractivity contribution is 6.08. The lowest BCUT2D eigenvalue weighted by atomic mass is 10.1. The lowest BCUT2D eigenvalue weighted by Gasteiger charge is -2.16. The number of ether oxygens (including phenoxy) is 2. The molecule has 0 N–H and O–H groups in total. The molecule has 134 valence electrons. The third-order valence-electron chi connectivity index (χ3n) is 4.36. The number of nitrogens with zero attached hydrogens (tertiary/aromatic N) is 1. The monoisotopic (exact) mass is 351 g/mol. The minimum absolute atomic E-state index is 0.103. The Morgan fingerprint density at radius 1 is 1.12 bits per heavy atom. The van der Waals surface area contributed by atoms with E-state index in [0.717, 1.165) is 17.7 Å². The van der Waals surface area contributed by atoms with Crippen molar-refractivity contribution in [1.29, 1.82) is 0 Å². The van der Waals surface area contributed by atoms with Gasteiger partial charge in [-0.2, -0.15) is 0 Å². The molecule has 3 rings (SSSR count). The number of methoxy groups -OCH3 is 2. The lowest BCUT2D eigenvalue weighted by molar-refractivity contribution is -0.117. The van der Waals surface area contributed by atoms with E-state index in [1.807, 2.05) is 18.2 Å². The van der Waals surface area contributed by atoms with Gasteiger partial charge >= 0.3 is 0 Å². The number of carbonyl (C=O) groups is 2. The highest BCUT2D eigenvalue weighted by Crippen LogP contribution is 2.31. The highest BCUT2D eigenvalue weighted by atomic mass is 16.5. The summed E-state index contributed by atoms with van der Waals surface area (Å²) in [4.78, 5) is 26.2. The SMILES string of the molecule is COc1cccc(C=CC(=O)c2cccc(N3CCCC3=O)c2)c1OC. The molecule has 0 bridgehead atoms. The zero-order chi connectivity index (χ0) is 18.5. The molecule has 1 aliphatic rings. The molecule has 2 aromatic carbocycles. The number of para-hydroxylation sites is 1. The van der Waals surface area contributed by atoms with Crippen molar-refractivity contribution in [3.63, 3.8) is 0 Å². The predicted molar refractivity (Wildman–Crippen MR) is 101 cm³/mol. The maximum absolute atomic E-state index is 12.6. The van der Waals surface area contributed by atoms with Crippen LogP contribution >= 0.6 is 0 Å². The fraction of sp³-hybridized carbons (Fsp3) is 0.238. The van der Waals surface area contributed by atoms with Crippen LogP contribution in [0.3, 0.4) is 0 Å². The molecule has 1 saturated heterocycles. The minimum atomic E-state index is -0.136. The van der Waals surface area contributed by atoms with Crippen molar-refractivity contribution in [2.24, 2.45) is 0 Å². The van der Waals surface area contributed by atoms with E-state index < -0.39 is 0 Å². The predicted octanol–water partition coefficient (Wildman–Crippen LogP) is 3.73. The number of rotatable bonds is 6. The molecule has 2 aromatic rings. The van der Waals surface area contributed by atoms with Gasteiger partial charge in [-0.15, -0.1) is 0 Å². The van der Waals surface area contributed by atoms with Crippen LogP contribution in [0.5, 0.6) is 11.5 Å². The van der Waals surface area contributed by atoms with Crippen LogP contribution < -0.4 is 14.4 Å². The van der Waals surface area contributed by atoms with Crippen LogP contribution in [0, 0.1) is 0 Å². The van der Waals surface area contributed by atoms with Crippen LogP contribution in [0.1, 0.15) is 28.8 Å². The molecule has 0 atom stereocenters. The molecule has 5 nitrogen and oxygen atoms in total. The van der Waals surface area contributed by atoms with Gasteiger partial charge in [0.15, 0.2) is 17.3 Å². The standard InChI is InChI=1S/C21H21NO4/c1-25-19-9-4-6-15(21(19)26-2)11-12-18(23)16-7-3-8-17(14-16)22-13-5-10-20(22)24/h3-4,6-9,11-12,14H,5,10,13H2,1-2H3. The number of hydrogen-bond donors (Lipinski definition) is 0. The number of benzene rings is 2. The smallest absolute Gasteiger partial charge is 0.227 e. The quantitative estimate of drug-likeness (QED) is 0.588. The third kappa shape index (κ3) is 3.61. The summed E-state index contributed by atoms with van der Waals surface area (Å²) in [5, 5.41) is 0. The zero-order valence-corrected chi connectivity index (χ0v) is 14.9. The Morgan fingerprint density at radius 2 is 1.92 bits per heavy atom. The van der Waals surface area contributed by atoms with Gasteiger partial charge in [-0.1, -0.05) is 24.3 Å². The summed E-state index contributed by atoms with van der Waals surface area (Å²) < 4.78 is 10.6. The third-order valence-corrected chi connectivity index (χ3v) is 4.36. The average molecular weight is 351 g/mol. The summed E-state index contributed by atoms with van der Waals surface area (Å²) in [5.41, 5.74) is 2.07. The molecule has 0 unspecified atom stereocenters. The molecule has 0 aromatic heterocycles. The van der Waals surface area contributed by atoms with Gasteiger partial charge in [0.25, 0.3) is 0 Å². The van der Waals surface area contributed by atoms with Gasteiger partial charge in [0, 0.05) is 29.8 Å². The van der Waals surface area contributed by atoms with Gasteiger partial charge < -0.3 is 14.4 Å². The lowest BCUT2D eigenvalue weighted by Crippen LogP contribution is -2.23. The van der Waals surface area contributed by atoms with E-state index in [1.165, 1.54) is 6.08 Å². The van der Waals surface area contributed by atoms with E-state index >= 15 is 0 Å². The van der Waals surface area contributed by atoms with Gasteiger partial charge in [-0.25, -0.2) is 0 Å². The molecule has 1 fully saturated rings. The second-order valence-corrected chi connectivity index (χ2v) is 5.98. The Labute approximate surface area is 152 Å². The normalized spacial score (nSPS) is 14.1. The van der Waals surface area contributed by atoms with Crippen LogP contribution in [0.4, 0.5) is 5.69 Å². The maximum Gasteiger partial charge on any atom is 0.227 e. The van der Waals surface area contributed by atoms with E-state index in [1.54, 1.807) is 49.5 Å². The Bertz CT molecular complexity index is 857. The van der Waals surface area contributed by atoms with Crippen LogP contribution in [0.2, 0.25) is 0 Å². The fourth-order valence-corrected chi connectivity index (χ4v) is 3.05. The molecule has 1 aliphatic heterocycles. The molecule has 0 radical (unpaired) electrons. The van der Waals surface area contributed by atoms with Gasteiger partial charge in [0.05, 0.1) is 14.2 Å². The van der Waals surface area contributed by atoms with E-state index in [0.29, 0.717) is 30.0 Å². The Balaban J connectivity index is 1.82. The Morgan fingerprint density at radius 3 is 2.62 bits per heavy atom. The average Bonchev–Trinajstić information content (AvgIpc) is 3.11. The molecule has 0 spiro atoms. The molecule has 5 heteroatoms. The summed E-state index contributed by atoms with van der Waals surface area (Å²) in [5.74, 6) is 1.15. The maximum atomic E-state index is 12.6. The number of carbonyl (C=O) groups excluding carboxylic acids is 2. The van der Waals surface area contributed by atoms with Crippen LogP contribution in [0.15, 0.2) is 48.5 Å². The fourth-order valence-electron chi connectivity index (χ4n) is 3.05. The van der Waals surface area contributed by atoms with Crippen molar-refractivity contribution in [2.75, 3.05) is 25.7 Å². The van der Waals surface area contributed by atoms with Crippen molar-refractivity contribution < 1.29 is 19.1 Å². The highest BCUT2D eigenvalue weighted by Gasteiger charge is 2.22. The Kier molecular flexibility index (Phi) is 5.37. The van der Waals surface area contributed by atoms with Crippen molar-refractivity contribution >= 4 is 23.5 Å². The first-order valence-corrected chi connectivity index (χ1v) is 8.48. The van der Waals surface area contributed by atoms with Crippen molar-refractivity contribution in [3.8, 4) is 11.5 Å². The molecule has 0 saturated carbocycles. The molecule has 1 heterocycles. The summed E-state index contributed by atoms with van der Waals surface area (Å²) in [6.07, 6.45) is 4.62. The largest absolute Gasteiger partial charge is 0.493 e. The first-order valence-electron chi connectivity index (χ1n) is 8.48. The van der Waals surface area contributed by atoms with Crippen molar-refractivity contribution in [3.05, 3.63) is 59.7 Å². The number of ketones is 1. The van der Waals surface area contributed by atoms with Crippen molar-refractivity contribution in [2.45, 2.75) is 12.8 Å². The van der Waals surface area contributed by atoms with Crippen LogP contribution in [-0.4, -0.2) is 32.5 Å². The van der Waals surface area contributed by atoms with E-state index in [4.69, 9.17) is 9.47 Å². The van der Waals surface area contributed by atoms with Crippen LogP contribution in [0.25, 0.3) is 6.08 Å². The molecular formula is C21H21NO4. The van der Waals surface area contributed by atoms with Gasteiger partial charge in [-0.3, -0.25) is 9.59 Å². The molecule has 0 aliphatic carbocycles. The number of hydrogen-bond acceptors (Lipinski definition) is 4. The summed E-state index contributed by atoms with van der Waals surface area (Å²) in [6.45, 7) is 0.702. The first-order chi connectivity index (χ1) is 12.6. The summed E-state index contributed by atoms with van der Waals surface area (Å²) >= 11 is 0. The zero-order valence-electron chi connectivity index (χ0n) is 14.9. The summed E-state index contributed by atoms with van der Waals surface area (Å²) in [7, 11) is 3.13. The second kappa shape index (κ2) is 7.87. The summed E-state index contributed by atoms with van der Waals surface area (Å²) in [6, 6.07) is 12.7. The van der Waals surface area contributed by atoms with E-state index in [9.17, 15) is 9.59 Å². The number of amides is 1. The molecule has 26 heavy (non-hydrogen) atoms. The Hall–Kier alpha value is -3.08. The first kappa shape index (κ1) is 17.7. The van der Waals surface area contributed by atoms with E-state index in [2.05, 4.69) is 0 Å². The molecule has 1 amide bonds. The van der Waals surface area contributed by atoms with Gasteiger partial charge in [-0.05, 0) is 36.8 Å². The number of anilines is 1. The van der Waals surface area contributed by atoms with E-state index in [-0.39, 0.29) is 11.7 Å². The van der Waals surface area contributed by atoms with Gasteiger partial charge in [0.1, 0.15) is 0 Å². The second-order valence-electron chi connectivity index (χ2n) is 5.98. The van der Waals surface area contributed by atoms with Crippen molar-refractivity contribution in [1.82, 2.24) is 0 Å². The number of allylic oxidation sites excluding steroid dienone is 1. The topological polar surface area (TPSA) is 55.8 Å². The van der Waals surface area contributed by atoms with Gasteiger partial charge in [0.2, 0.25) is 5.91 Å².